The molecule has 0 bridgehead atoms. The summed E-state index contributed by atoms with van der Waals surface area (Å²) < 4.78 is 9.13. The molecule has 1 fully saturated rings. The van der Waals surface area contributed by atoms with E-state index in [1.165, 1.54) is 7.11 Å². The van der Waals surface area contributed by atoms with Crippen LogP contribution in [0.3, 0.4) is 0 Å². The Labute approximate surface area is 117 Å². The summed E-state index contributed by atoms with van der Waals surface area (Å²) in [4.78, 5) is 33.6. The van der Waals surface area contributed by atoms with Gasteiger partial charge in [0.1, 0.15) is 6.61 Å². The van der Waals surface area contributed by atoms with Gasteiger partial charge in [-0.3, -0.25) is 4.79 Å². The van der Waals surface area contributed by atoms with E-state index in [0.29, 0.717) is 0 Å². The summed E-state index contributed by atoms with van der Waals surface area (Å²) in [6.07, 6.45) is 4.92. The second-order valence-corrected chi connectivity index (χ2v) is 4.32. The van der Waals surface area contributed by atoms with Gasteiger partial charge in [0.15, 0.2) is 0 Å². The van der Waals surface area contributed by atoms with Crippen LogP contribution >= 0.6 is 0 Å². The summed E-state index contributed by atoms with van der Waals surface area (Å²) in [7, 11) is 1.22. The highest BCUT2D eigenvalue weighted by molar-refractivity contribution is 5.91. The molecular weight excluding hydrogens is 264 g/mol. The quantitative estimate of drug-likeness (QED) is 0.388. The van der Waals surface area contributed by atoms with Crippen molar-refractivity contribution in [3.8, 4) is 0 Å². The third kappa shape index (κ3) is 6.33. The van der Waals surface area contributed by atoms with Gasteiger partial charge in [0.25, 0.3) is 0 Å². The van der Waals surface area contributed by atoms with Crippen molar-refractivity contribution >= 4 is 17.8 Å². The van der Waals surface area contributed by atoms with Gasteiger partial charge in [0, 0.05) is 12.2 Å². The number of piperidine rings is 1. The Morgan fingerprint density at radius 3 is 2.65 bits per heavy atom. The fraction of sp³-hybridized carbons (Fsp3) is 0.615. The van der Waals surface area contributed by atoms with E-state index in [9.17, 15) is 14.4 Å². The molecule has 0 saturated carbocycles. The lowest BCUT2D eigenvalue weighted by Gasteiger charge is -2.22. The molecule has 0 radical (unpaired) electrons. The van der Waals surface area contributed by atoms with Crippen molar-refractivity contribution in [2.24, 2.45) is 0 Å². The van der Waals surface area contributed by atoms with Gasteiger partial charge < -0.3 is 20.1 Å². The molecule has 0 spiro atoms. The van der Waals surface area contributed by atoms with Gasteiger partial charge >= 0.3 is 11.9 Å². The van der Waals surface area contributed by atoms with E-state index in [0.717, 1.165) is 38.0 Å². The molecule has 7 heteroatoms. The summed E-state index contributed by atoms with van der Waals surface area (Å²) in [6.45, 7) is 1.16. The number of hydrogen-bond donors (Lipinski definition) is 2. The summed E-state index contributed by atoms with van der Waals surface area (Å²) in [5.74, 6) is -1.36. The number of hydrogen-bond acceptors (Lipinski definition) is 6. The largest absolute Gasteiger partial charge is 0.466 e. The van der Waals surface area contributed by atoms with E-state index in [1.807, 2.05) is 0 Å². The molecule has 0 aliphatic carbocycles. The maximum atomic E-state index is 11.7. The Kier molecular flexibility index (Phi) is 7.34. The Bertz CT molecular complexity index is 375. The number of rotatable bonds is 6. The average molecular weight is 284 g/mol. The first-order chi connectivity index (χ1) is 9.63. The van der Waals surface area contributed by atoms with Gasteiger partial charge in [-0.1, -0.05) is 6.42 Å². The van der Waals surface area contributed by atoms with Crippen molar-refractivity contribution in [2.45, 2.75) is 25.3 Å². The zero-order chi connectivity index (χ0) is 14.8. The molecule has 7 nitrogen and oxygen atoms in total. The molecule has 0 aromatic carbocycles. The molecule has 1 aliphatic heterocycles. The lowest BCUT2D eigenvalue weighted by Crippen LogP contribution is -2.47. The van der Waals surface area contributed by atoms with Crippen LogP contribution in [-0.2, 0) is 23.9 Å². The molecule has 1 amide bonds. The third-order valence-corrected chi connectivity index (χ3v) is 2.83. The Morgan fingerprint density at radius 2 is 2.00 bits per heavy atom. The summed E-state index contributed by atoms with van der Waals surface area (Å²) in [6, 6.07) is -0.154. The van der Waals surface area contributed by atoms with Crippen LogP contribution in [-0.4, -0.2) is 50.7 Å². The van der Waals surface area contributed by atoms with Gasteiger partial charge in [0.2, 0.25) is 5.91 Å². The van der Waals surface area contributed by atoms with Crippen LogP contribution in [0.2, 0.25) is 0 Å². The fourth-order valence-electron chi connectivity index (χ4n) is 1.78. The zero-order valence-corrected chi connectivity index (χ0v) is 11.5. The van der Waals surface area contributed by atoms with Crippen molar-refractivity contribution in [3.05, 3.63) is 12.2 Å². The minimum atomic E-state index is -0.652. The van der Waals surface area contributed by atoms with Gasteiger partial charge in [-0.25, -0.2) is 9.59 Å². The number of esters is 2. The highest BCUT2D eigenvalue weighted by Gasteiger charge is 2.19. The van der Waals surface area contributed by atoms with Crippen LogP contribution < -0.4 is 10.6 Å². The molecule has 2 N–H and O–H groups in total. The van der Waals surface area contributed by atoms with Crippen molar-refractivity contribution in [1.29, 1.82) is 0 Å². The van der Waals surface area contributed by atoms with Crippen LogP contribution in [0.1, 0.15) is 19.3 Å². The first kappa shape index (κ1) is 16.2. The average Bonchev–Trinajstić information content (AvgIpc) is 2.49. The van der Waals surface area contributed by atoms with Gasteiger partial charge in [-0.2, -0.15) is 0 Å². The molecule has 112 valence electrons. The van der Waals surface area contributed by atoms with E-state index >= 15 is 0 Å². The number of ether oxygens (including phenoxy) is 2. The zero-order valence-electron chi connectivity index (χ0n) is 11.5. The Morgan fingerprint density at radius 1 is 1.25 bits per heavy atom. The van der Waals surface area contributed by atoms with Crippen LogP contribution in [0, 0.1) is 0 Å². The van der Waals surface area contributed by atoms with Crippen LogP contribution in [0.15, 0.2) is 12.2 Å². The normalized spacial score (nSPS) is 18.6. The van der Waals surface area contributed by atoms with Crippen LogP contribution in [0.5, 0.6) is 0 Å². The molecule has 1 atom stereocenters. The fourth-order valence-corrected chi connectivity index (χ4v) is 1.78. The van der Waals surface area contributed by atoms with Gasteiger partial charge in [0.05, 0.1) is 19.7 Å². The summed E-state index contributed by atoms with van der Waals surface area (Å²) in [5, 5.41) is 5.81. The summed E-state index contributed by atoms with van der Waals surface area (Å²) in [5.41, 5.74) is 0. The standard InChI is InChI=1S/C13H20N2O5/c1-19-11(16)5-6-12(17)20-9-8-15-13(18)10-4-2-3-7-14-10/h5-6,10,14H,2-4,7-9H2,1H3,(H,15,18)/b6-5+. The summed E-state index contributed by atoms with van der Waals surface area (Å²) >= 11 is 0. The van der Waals surface area contributed by atoms with Crippen molar-refractivity contribution < 1.29 is 23.9 Å². The molecule has 1 aliphatic rings. The molecule has 1 saturated heterocycles. The molecule has 20 heavy (non-hydrogen) atoms. The Hall–Kier alpha value is -1.89. The monoisotopic (exact) mass is 284 g/mol. The first-order valence-electron chi connectivity index (χ1n) is 6.57. The molecule has 0 aromatic rings. The smallest absolute Gasteiger partial charge is 0.331 e. The maximum absolute atomic E-state index is 11.7. The van der Waals surface area contributed by atoms with Gasteiger partial charge in [-0.05, 0) is 19.4 Å². The molecular formula is C13H20N2O5. The van der Waals surface area contributed by atoms with E-state index in [2.05, 4.69) is 15.4 Å². The lowest BCUT2D eigenvalue weighted by molar-refractivity contribution is -0.139. The Balaban J connectivity index is 2.11. The maximum Gasteiger partial charge on any atom is 0.331 e. The minimum absolute atomic E-state index is 0.0583. The van der Waals surface area contributed by atoms with Gasteiger partial charge in [-0.15, -0.1) is 0 Å². The second-order valence-electron chi connectivity index (χ2n) is 4.32. The van der Waals surface area contributed by atoms with E-state index in [1.54, 1.807) is 0 Å². The SMILES string of the molecule is COC(=O)/C=C/C(=O)OCCNC(=O)C1CCCCN1. The van der Waals surface area contributed by atoms with E-state index < -0.39 is 11.9 Å². The van der Waals surface area contributed by atoms with Crippen molar-refractivity contribution in [3.63, 3.8) is 0 Å². The second kappa shape index (κ2) is 9.08. The molecule has 1 rings (SSSR count). The first-order valence-corrected chi connectivity index (χ1v) is 6.57. The molecule has 1 unspecified atom stereocenters. The third-order valence-electron chi connectivity index (χ3n) is 2.83. The number of carbonyl (C=O) groups is 3. The predicted molar refractivity (Wildman–Crippen MR) is 70.8 cm³/mol. The van der Waals surface area contributed by atoms with E-state index in [4.69, 9.17) is 4.74 Å². The van der Waals surface area contributed by atoms with Crippen molar-refractivity contribution in [1.82, 2.24) is 10.6 Å². The minimum Gasteiger partial charge on any atom is -0.466 e. The predicted octanol–water partition coefficient (Wildman–Crippen LogP) is -0.483. The van der Waals surface area contributed by atoms with Crippen LogP contribution in [0.4, 0.5) is 0 Å². The topological polar surface area (TPSA) is 93.7 Å². The van der Waals surface area contributed by atoms with Crippen LogP contribution in [0.25, 0.3) is 0 Å². The van der Waals surface area contributed by atoms with E-state index in [-0.39, 0.29) is 25.1 Å². The number of nitrogens with one attached hydrogen (secondary N) is 2. The molecule has 1 heterocycles. The highest BCUT2D eigenvalue weighted by atomic mass is 16.5. The number of methoxy groups -OCH3 is 1. The highest BCUT2D eigenvalue weighted by Crippen LogP contribution is 2.06. The number of carbonyl (C=O) groups excluding carboxylic acids is 3. The lowest BCUT2D eigenvalue weighted by atomic mass is 10.0. The number of amides is 1. The van der Waals surface area contributed by atoms with Crippen molar-refractivity contribution in [2.75, 3.05) is 26.8 Å². The molecule has 0 aromatic heterocycles.